The van der Waals surface area contributed by atoms with Crippen LogP contribution in [0.3, 0.4) is 0 Å². The van der Waals surface area contributed by atoms with Crippen LogP contribution in [0.5, 0.6) is 5.75 Å². The maximum Gasteiger partial charge on any atom is 0.419 e. The van der Waals surface area contributed by atoms with E-state index in [0.717, 1.165) is 24.5 Å². The number of ether oxygens (including phenoxy) is 3. The number of benzene rings is 2. The molecule has 1 saturated heterocycles. The van der Waals surface area contributed by atoms with Gasteiger partial charge in [-0.15, -0.1) is 0 Å². The van der Waals surface area contributed by atoms with Crippen LogP contribution in [0, 0.1) is 0 Å². The number of carbonyl (C=O) groups is 2. The average Bonchev–Trinajstić information content (AvgIpc) is 3.68. The van der Waals surface area contributed by atoms with Crippen molar-refractivity contribution in [1.29, 1.82) is 0 Å². The topological polar surface area (TPSA) is 77.1 Å². The molecule has 1 N–H and O–H groups in total. The first-order valence-corrected chi connectivity index (χ1v) is 12.2. The minimum absolute atomic E-state index is 0.0143. The van der Waals surface area contributed by atoms with Crippen molar-refractivity contribution in [3.05, 3.63) is 65.2 Å². The molecule has 2 aliphatic rings. The van der Waals surface area contributed by atoms with Gasteiger partial charge in [-0.3, -0.25) is 9.69 Å². The predicted octanol–water partition coefficient (Wildman–Crippen LogP) is 4.16. The molecule has 200 valence electrons. The number of halogens is 3. The lowest BCUT2D eigenvalue weighted by Crippen LogP contribution is -2.62. The van der Waals surface area contributed by atoms with Gasteiger partial charge in [-0.25, -0.2) is 4.79 Å². The molecule has 0 bridgehead atoms. The smallest absolute Gasteiger partial charge is 0.419 e. The Kier molecular flexibility index (Phi) is 7.80. The third-order valence-corrected chi connectivity index (χ3v) is 7.31. The first-order valence-electron chi connectivity index (χ1n) is 12.2. The number of para-hydroxylation sites is 1. The van der Waals surface area contributed by atoms with Gasteiger partial charge >= 0.3 is 12.1 Å². The molecule has 0 atom stereocenters. The molecule has 2 aromatic rings. The van der Waals surface area contributed by atoms with Gasteiger partial charge in [-0.2, -0.15) is 13.2 Å². The van der Waals surface area contributed by atoms with Gasteiger partial charge in [0.25, 0.3) is 0 Å². The van der Waals surface area contributed by atoms with E-state index in [2.05, 4.69) is 5.32 Å². The summed E-state index contributed by atoms with van der Waals surface area (Å²) in [6, 6.07) is 12.1. The Hall–Kier alpha value is -3.11. The van der Waals surface area contributed by atoms with Crippen LogP contribution < -0.4 is 10.1 Å². The van der Waals surface area contributed by atoms with Gasteiger partial charge in [0.15, 0.2) is 0 Å². The molecule has 1 aliphatic carbocycles. The van der Waals surface area contributed by atoms with Gasteiger partial charge in [0, 0.05) is 19.8 Å². The fourth-order valence-electron chi connectivity index (χ4n) is 4.81. The van der Waals surface area contributed by atoms with Crippen molar-refractivity contribution in [2.24, 2.45) is 0 Å². The van der Waals surface area contributed by atoms with E-state index in [9.17, 15) is 22.8 Å². The van der Waals surface area contributed by atoms with Gasteiger partial charge in [0.05, 0.1) is 23.8 Å². The van der Waals surface area contributed by atoms with Gasteiger partial charge in [0.1, 0.15) is 17.9 Å². The third kappa shape index (κ3) is 5.75. The van der Waals surface area contributed by atoms with E-state index in [-0.39, 0.29) is 24.8 Å². The van der Waals surface area contributed by atoms with Crippen LogP contribution in [-0.2, 0) is 26.0 Å². The summed E-state index contributed by atoms with van der Waals surface area (Å²) >= 11 is 0. The summed E-state index contributed by atoms with van der Waals surface area (Å²) in [5.41, 5.74) is -0.885. The number of hydrogen-bond acceptors (Lipinski definition) is 6. The molecule has 2 aromatic carbocycles. The molecular weight excluding hydrogens is 489 g/mol. The number of esters is 1. The molecule has 0 unspecified atom stereocenters. The summed E-state index contributed by atoms with van der Waals surface area (Å²) < 4.78 is 55.7. The Bertz CT molecular complexity index is 1110. The highest BCUT2D eigenvalue weighted by Crippen LogP contribution is 2.46. The normalized spacial score (nSPS) is 18.2. The van der Waals surface area contributed by atoms with Gasteiger partial charge < -0.3 is 19.5 Å². The summed E-state index contributed by atoms with van der Waals surface area (Å²) in [6.45, 7) is 1.03. The Balaban J connectivity index is 1.45. The number of amides is 1. The highest BCUT2D eigenvalue weighted by molar-refractivity contribution is 5.89. The van der Waals surface area contributed by atoms with E-state index in [4.69, 9.17) is 14.2 Å². The minimum atomic E-state index is -4.52. The molecule has 1 amide bonds. The number of hydrogen-bond donors (Lipinski definition) is 1. The Morgan fingerprint density at radius 2 is 1.68 bits per heavy atom. The van der Waals surface area contributed by atoms with E-state index in [1.165, 1.54) is 25.3 Å². The second-order valence-corrected chi connectivity index (χ2v) is 9.51. The van der Waals surface area contributed by atoms with Crippen molar-refractivity contribution in [3.63, 3.8) is 0 Å². The summed E-state index contributed by atoms with van der Waals surface area (Å²) in [5, 5.41) is 3.23. The maximum absolute atomic E-state index is 13.8. The van der Waals surface area contributed by atoms with E-state index >= 15 is 0 Å². The average molecular weight is 521 g/mol. The number of carbonyl (C=O) groups excluding carboxylic acids is 2. The first kappa shape index (κ1) is 26.9. The molecule has 2 fully saturated rings. The molecule has 37 heavy (non-hydrogen) atoms. The molecule has 4 rings (SSSR count). The lowest BCUT2D eigenvalue weighted by molar-refractivity contribution is -0.141. The van der Waals surface area contributed by atoms with Crippen LogP contribution in [0.15, 0.2) is 48.5 Å². The minimum Gasteiger partial charge on any atom is -0.492 e. The first-order chi connectivity index (χ1) is 17.6. The van der Waals surface area contributed by atoms with E-state index < -0.39 is 28.8 Å². The monoisotopic (exact) mass is 520 g/mol. The van der Waals surface area contributed by atoms with Crippen molar-refractivity contribution < 1.29 is 37.0 Å². The number of alkyl halides is 3. The fourth-order valence-corrected chi connectivity index (χ4v) is 4.81. The zero-order chi connectivity index (χ0) is 26.7. The molecule has 1 aliphatic heterocycles. The molecule has 0 aromatic heterocycles. The lowest BCUT2D eigenvalue weighted by Gasteiger charge is -2.43. The molecule has 0 radical (unpaired) electrons. The van der Waals surface area contributed by atoms with Crippen molar-refractivity contribution in [1.82, 2.24) is 10.2 Å². The van der Waals surface area contributed by atoms with Crippen LogP contribution in [0.1, 0.15) is 47.2 Å². The molecule has 1 saturated carbocycles. The van der Waals surface area contributed by atoms with Crippen LogP contribution in [0.4, 0.5) is 13.2 Å². The number of nitrogens with one attached hydrogen (secondary N) is 1. The van der Waals surface area contributed by atoms with E-state index in [1.807, 2.05) is 17.0 Å². The number of rotatable bonds is 9. The predicted molar refractivity (Wildman–Crippen MR) is 129 cm³/mol. The number of likely N-dealkylation sites (N-methyl/N-ethyl adjacent to an activating group) is 1. The Labute approximate surface area is 213 Å². The van der Waals surface area contributed by atoms with Crippen molar-refractivity contribution >= 4 is 11.9 Å². The summed E-state index contributed by atoms with van der Waals surface area (Å²) in [6.07, 6.45) is -2.08. The zero-order valence-electron chi connectivity index (χ0n) is 20.9. The second kappa shape index (κ2) is 10.7. The summed E-state index contributed by atoms with van der Waals surface area (Å²) in [7, 11) is 3.11. The third-order valence-electron chi connectivity index (χ3n) is 7.31. The molecular formula is C27H31F3N2O5. The van der Waals surface area contributed by atoms with E-state index in [1.54, 1.807) is 19.2 Å². The van der Waals surface area contributed by atoms with Crippen LogP contribution >= 0.6 is 0 Å². The largest absolute Gasteiger partial charge is 0.492 e. The molecule has 10 heteroatoms. The van der Waals surface area contributed by atoms with Gasteiger partial charge in [0.2, 0.25) is 5.91 Å². The van der Waals surface area contributed by atoms with E-state index in [0.29, 0.717) is 31.6 Å². The van der Waals surface area contributed by atoms with Crippen molar-refractivity contribution in [2.45, 2.75) is 42.9 Å². The second-order valence-electron chi connectivity index (χ2n) is 9.51. The molecule has 0 spiro atoms. The molecule has 1 heterocycles. The Morgan fingerprint density at radius 3 is 2.27 bits per heavy atom. The summed E-state index contributed by atoms with van der Waals surface area (Å²) in [5.74, 6) is -0.812. The van der Waals surface area contributed by atoms with Gasteiger partial charge in [-0.05, 0) is 62.6 Å². The van der Waals surface area contributed by atoms with Crippen LogP contribution in [0.25, 0.3) is 0 Å². The maximum atomic E-state index is 13.8. The van der Waals surface area contributed by atoms with Crippen LogP contribution in [-0.4, -0.2) is 62.8 Å². The SMILES string of the molecule is COC(=O)c1ccc(C2(NC(=O)C3(N(C)CCOc4ccccc4C(F)(F)F)CCOCC3)CC2)cc1. The standard InChI is InChI=1S/C27H31F3N2O5/c1-32(15-18-37-22-6-4-3-5-21(22)27(28,29)30)26(13-16-36-17-14-26)24(34)31-25(11-12-25)20-9-7-19(8-10-20)23(33)35-2/h3-10H,11-18H2,1-2H3,(H,31,34). The lowest BCUT2D eigenvalue weighted by atomic mass is 9.86. The van der Waals surface area contributed by atoms with Crippen molar-refractivity contribution in [2.75, 3.05) is 40.5 Å². The Morgan fingerprint density at radius 1 is 1.03 bits per heavy atom. The number of methoxy groups -OCH3 is 1. The van der Waals surface area contributed by atoms with Gasteiger partial charge in [-0.1, -0.05) is 24.3 Å². The number of nitrogens with zero attached hydrogens (tertiary/aromatic N) is 1. The van der Waals surface area contributed by atoms with Crippen molar-refractivity contribution in [3.8, 4) is 5.75 Å². The highest BCUT2D eigenvalue weighted by atomic mass is 19.4. The highest BCUT2D eigenvalue weighted by Gasteiger charge is 2.51. The fraction of sp³-hybridized carbons (Fsp3) is 0.481. The molecule has 7 nitrogen and oxygen atoms in total. The quantitative estimate of drug-likeness (QED) is 0.501. The van der Waals surface area contributed by atoms with Crippen LogP contribution in [0.2, 0.25) is 0 Å². The zero-order valence-corrected chi connectivity index (χ0v) is 20.9. The summed E-state index contributed by atoms with van der Waals surface area (Å²) in [4.78, 5) is 27.4.